The van der Waals surface area contributed by atoms with E-state index >= 15 is 0 Å². The molecule has 0 bridgehead atoms. The number of para-hydroxylation sites is 2. The van der Waals surface area contributed by atoms with Crippen molar-refractivity contribution in [2.45, 2.75) is 6.54 Å². The third-order valence-corrected chi connectivity index (χ3v) is 3.58. The average molecular weight is 334 g/mol. The predicted molar refractivity (Wildman–Crippen MR) is 96.7 cm³/mol. The number of ether oxygens (including phenoxy) is 1. The van der Waals surface area contributed by atoms with Crippen molar-refractivity contribution in [3.63, 3.8) is 0 Å². The summed E-state index contributed by atoms with van der Waals surface area (Å²) in [5.41, 5.74) is 2.88. The summed E-state index contributed by atoms with van der Waals surface area (Å²) in [7, 11) is 1.57. The Morgan fingerprint density at radius 1 is 1.08 bits per heavy atom. The Labute approximate surface area is 145 Å². The Morgan fingerprint density at radius 3 is 2.76 bits per heavy atom. The highest BCUT2D eigenvalue weighted by molar-refractivity contribution is 6.05. The first-order valence-corrected chi connectivity index (χ1v) is 7.78. The van der Waals surface area contributed by atoms with E-state index in [1.165, 1.54) is 6.20 Å². The summed E-state index contributed by atoms with van der Waals surface area (Å²) in [6.07, 6.45) is 6.72. The van der Waals surface area contributed by atoms with E-state index in [1.54, 1.807) is 43.9 Å². The predicted octanol–water partition coefficient (Wildman–Crippen LogP) is 3.35. The molecule has 2 N–H and O–H groups in total. The minimum Gasteiger partial charge on any atom is -0.495 e. The molecule has 0 saturated carbocycles. The molecule has 1 aromatic carbocycles. The van der Waals surface area contributed by atoms with E-state index in [4.69, 9.17) is 4.74 Å². The van der Waals surface area contributed by atoms with Crippen LogP contribution in [0.4, 0.5) is 11.4 Å². The number of aromatic nitrogens is 2. The van der Waals surface area contributed by atoms with Gasteiger partial charge in [-0.1, -0.05) is 18.2 Å². The summed E-state index contributed by atoms with van der Waals surface area (Å²) in [5, 5.41) is 6.07. The van der Waals surface area contributed by atoms with Crippen LogP contribution in [0.15, 0.2) is 67.3 Å². The number of rotatable bonds is 6. The number of anilines is 2. The molecule has 0 aliphatic carbocycles. The zero-order chi connectivity index (χ0) is 17.5. The molecular weight excluding hydrogens is 316 g/mol. The summed E-state index contributed by atoms with van der Waals surface area (Å²) in [5.74, 6) is 0.358. The Balaban J connectivity index is 1.69. The number of carbonyl (C=O) groups is 1. The Bertz CT molecular complexity index is 853. The smallest absolute Gasteiger partial charge is 0.257 e. The molecule has 1 amide bonds. The zero-order valence-electron chi connectivity index (χ0n) is 13.8. The fourth-order valence-corrected chi connectivity index (χ4v) is 2.31. The molecule has 0 fully saturated rings. The van der Waals surface area contributed by atoms with Crippen molar-refractivity contribution in [3.05, 3.63) is 78.4 Å². The van der Waals surface area contributed by atoms with Gasteiger partial charge in [0.2, 0.25) is 0 Å². The molecule has 0 aliphatic heterocycles. The molecule has 6 heteroatoms. The van der Waals surface area contributed by atoms with Gasteiger partial charge in [0.1, 0.15) is 5.75 Å². The number of methoxy groups -OCH3 is 1. The third kappa shape index (κ3) is 4.32. The van der Waals surface area contributed by atoms with Crippen LogP contribution in [0.25, 0.3) is 0 Å². The average Bonchev–Trinajstić information content (AvgIpc) is 2.68. The van der Waals surface area contributed by atoms with Crippen molar-refractivity contribution < 1.29 is 9.53 Å². The Morgan fingerprint density at radius 2 is 1.96 bits per heavy atom. The van der Waals surface area contributed by atoms with Crippen LogP contribution in [0.3, 0.4) is 0 Å². The second-order valence-electron chi connectivity index (χ2n) is 5.33. The van der Waals surface area contributed by atoms with E-state index in [0.717, 1.165) is 11.3 Å². The minimum atomic E-state index is -0.248. The molecule has 0 atom stereocenters. The first-order valence-electron chi connectivity index (χ1n) is 7.78. The fourth-order valence-electron chi connectivity index (χ4n) is 2.31. The van der Waals surface area contributed by atoms with Crippen LogP contribution >= 0.6 is 0 Å². The van der Waals surface area contributed by atoms with Gasteiger partial charge in [-0.3, -0.25) is 14.8 Å². The third-order valence-electron chi connectivity index (χ3n) is 3.58. The van der Waals surface area contributed by atoms with Gasteiger partial charge >= 0.3 is 0 Å². The van der Waals surface area contributed by atoms with E-state index in [2.05, 4.69) is 20.6 Å². The van der Waals surface area contributed by atoms with Gasteiger partial charge in [0.05, 0.1) is 24.0 Å². The molecule has 0 unspecified atom stereocenters. The van der Waals surface area contributed by atoms with Gasteiger partial charge in [0, 0.05) is 31.3 Å². The summed E-state index contributed by atoms with van der Waals surface area (Å²) in [6.45, 7) is 0.604. The summed E-state index contributed by atoms with van der Waals surface area (Å²) in [6, 6.07) is 12.9. The lowest BCUT2D eigenvalue weighted by atomic mass is 10.2. The van der Waals surface area contributed by atoms with Crippen molar-refractivity contribution >= 4 is 17.3 Å². The van der Waals surface area contributed by atoms with E-state index in [-0.39, 0.29) is 5.91 Å². The van der Waals surface area contributed by atoms with Crippen LogP contribution < -0.4 is 15.4 Å². The highest BCUT2D eigenvalue weighted by Gasteiger charge is 2.10. The lowest BCUT2D eigenvalue weighted by Gasteiger charge is -2.11. The fraction of sp³-hybridized carbons (Fsp3) is 0.105. The van der Waals surface area contributed by atoms with Crippen LogP contribution in [-0.2, 0) is 6.54 Å². The number of amides is 1. The number of hydrogen-bond donors (Lipinski definition) is 2. The van der Waals surface area contributed by atoms with Crippen LogP contribution in [0.5, 0.6) is 5.75 Å². The zero-order valence-corrected chi connectivity index (χ0v) is 13.8. The monoisotopic (exact) mass is 334 g/mol. The molecule has 0 spiro atoms. The van der Waals surface area contributed by atoms with Crippen LogP contribution in [0.1, 0.15) is 15.9 Å². The van der Waals surface area contributed by atoms with Gasteiger partial charge in [0.15, 0.2) is 0 Å². The first kappa shape index (κ1) is 16.4. The minimum absolute atomic E-state index is 0.248. The molecule has 126 valence electrons. The maximum atomic E-state index is 12.5. The molecule has 0 saturated heterocycles. The Hall–Kier alpha value is -3.41. The Kier molecular flexibility index (Phi) is 5.21. The molecule has 0 aliphatic rings. The molecular formula is C19H18N4O2. The number of benzene rings is 1. The molecule has 3 rings (SSSR count). The van der Waals surface area contributed by atoms with Gasteiger partial charge in [0.25, 0.3) is 5.91 Å². The molecule has 3 aromatic rings. The molecule has 6 nitrogen and oxygen atoms in total. The van der Waals surface area contributed by atoms with E-state index in [1.807, 2.05) is 24.3 Å². The molecule has 0 radical (unpaired) electrons. The van der Waals surface area contributed by atoms with Gasteiger partial charge < -0.3 is 15.4 Å². The topological polar surface area (TPSA) is 76.1 Å². The molecule has 2 aromatic heterocycles. The standard InChI is InChI=1S/C19H18N4O2/c1-25-18-7-3-2-6-17(18)23-19(24)15-9-16(13-21-12-15)22-11-14-5-4-8-20-10-14/h2-10,12-13,22H,11H2,1H3,(H,23,24). The largest absolute Gasteiger partial charge is 0.495 e. The van der Waals surface area contributed by atoms with Gasteiger partial charge in [-0.05, 0) is 29.8 Å². The number of carbonyl (C=O) groups excluding carboxylic acids is 1. The van der Waals surface area contributed by atoms with E-state index in [9.17, 15) is 4.79 Å². The van der Waals surface area contributed by atoms with Crippen molar-refractivity contribution in [3.8, 4) is 5.75 Å². The highest BCUT2D eigenvalue weighted by atomic mass is 16.5. The quantitative estimate of drug-likeness (QED) is 0.723. The summed E-state index contributed by atoms with van der Waals surface area (Å²) >= 11 is 0. The van der Waals surface area contributed by atoms with Gasteiger partial charge in [-0.25, -0.2) is 0 Å². The summed E-state index contributed by atoms with van der Waals surface area (Å²) < 4.78 is 5.24. The normalized spacial score (nSPS) is 10.1. The summed E-state index contributed by atoms with van der Waals surface area (Å²) in [4.78, 5) is 20.7. The van der Waals surface area contributed by atoms with Gasteiger partial charge in [-0.2, -0.15) is 0 Å². The van der Waals surface area contributed by atoms with Crippen LogP contribution in [0.2, 0.25) is 0 Å². The van der Waals surface area contributed by atoms with Crippen molar-refractivity contribution in [1.82, 2.24) is 9.97 Å². The number of hydrogen-bond acceptors (Lipinski definition) is 5. The van der Waals surface area contributed by atoms with Crippen molar-refractivity contribution in [2.24, 2.45) is 0 Å². The second-order valence-corrected chi connectivity index (χ2v) is 5.33. The molecule has 2 heterocycles. The number of pyridine rings is 2. The van der Waals surface area contributed by atoms with Gasteiger partial charge in [-0.15, -0.1) is 0 Å². The van der Waals surface area contributed by atoms with Crippen LogP contribution in [0, 0.1) is 0 Å². The van der Waals surface area contributed by atoms with Crippen molar-refractivity contribution in [1.29, 1.82) is 0 Å². The lowest BCUT2D eigenvalue weighted by molar-refractivity contribution is 0.102. The van der Waals surface area contributed by atoms with Crippen molar-refractivity contribution in [2.75, 3.05) is 17.7 Å². The molecule has 25 heavy (non-hydrogen) atoms. The highest BCUT2D eigenvalue weighted by Crippen LogP contribution is 2.23. The first-order chi connectivity index (χ1) is 12.3. The number of nitrogens with one attached hydrogen (secondary N) is 2. The SMILES string of the molecule is COc1ccccc1NC(=O)c1cncc(NCc2cccnc2)c1. The van der Waals surface area contributed by atoms with E-state index < -0.39 is 0 Å². The lowest BCUT2D eigenvalue weighted by Crippen LogP contribution is -2.13. The number of nitrogens with zero attached hydrogens (tertiary/aromatic N) is 2. The maximum absolute atomic E-state index is 12.5. The second kappa shape index (κ2) is 7.92. The maximum Gasteiger partial charge on any atom is 0.257 e. The van der Waals surface area contributed by atoms with Crippen LogP contribution in [-0.4, -0.2) is 23.0 Å². The van der Waals surface area contributed by atoms with E-state index in [0.29, 0.717) is 23.5 Å².